The van der Waals surface area contributed by atoms with Crippen molar-refractivity contribution < 1.29 is 4.74 Å². The maximum Gasteiger partial charge on any atom is 0.222 e. The molecule has 3 aromatic rings. The summed E-state index contributed by atoms with van der Waals surface area (Å²) in [6, 6.07) is 17.5. The van der Waals surface area contributed by atoms with E-state index in [-0.39, 0.29) is 5.95 Å². The van der Waals surface area contributed by atoms with Gasteiger partial charge in [-0.3, -0.25) is 0 Å². The molecule has 0 aliphatic carbocycles. The average molecular weight is 280 g/mol. The molecule has 0 fully saturated rings. The molecule has 5 nitrogen and oxygen atoms in total. The lowest BCUT2D eigenvalue weighted by Gasteiger charge is -2.10. The Hall–Kier alpha value is -2.82. The van der Waals surface area contributed by atoms with Crippen LogP contribution in [0.2, 0.25) is 0 Å². The highest BCUT2D eigenvalue weighted by Gasteiger charge is 2.04. The Morgan fingerprint density at radius 1 is 0.952 bits per heavy atom. The molecule has 0 saturated heterocycles. The predicted octanol–water partition coefficient (Wildman–Crippen LogP) is 2.70. The van der Waals surface area contributed by atoms with Crippen molar-refractivity contribution in [1.29, 1.82) is 0 Å². The fourth-order valence-electron chi connectivity index (χ4n) is 2.08. The van der Waals surface area contributed by atoms with Gasteiger partial charge in [-0.05, 0) is 24.3 Å². The zero-order chi connectivity index (χ0) is 14.5. The van der Waals surface area contributed by atoms with Crippen LogP contribution in [0.25, 0.3) is 10.9 Å². The molecule has 2 aromatic carbocycles. The van der Waals surface area contributed by atoms with Crippen LogP contribution in [-0.2, 0) is 0 Å². The normalized spacial score (nSPS) is 10.5. The maximum absolute atomic E-state index is 5.73. The summed E-state index contributed by atoms with van der Waals surface area (Å²) in [5.41, 5.74) is 6.56. The molecule has 3 N–H and O–H groups in total. The summed E-state index contributed by atoms with van der Waals surface area (Å²) in [6.07, 6.45) is 0. The van der Waals surface area contributed by atoms with E-state index < -0.39 is 0 Å². The molecule has 0 radical (unpaired) electrons. The van der Waals surface area contributed by atoms with E-state index in [0.717, 1.165) is 22.5 Å². The highest BCUT2D eigenvalue weighted by atomic mass is 16.5. The molecule has 0 aliphatic heterocycles. The second kappa shape index (κ2) is 6.09. The van der Waals surface area contributed by atoms with E-state index in [4.69, 9.17) is 10.5 Å². The SMILES string of the molecule is Nc1nc(NCCOc2ccccc2)c2ccccc2n1. The second-order valence-corrected chi connectivity index (χ2v) is 4.54. The number of nitrogens with two attached hydrogens (primary N) is 1. The van der Waals surface area contributed by atoms with Crippen LogP contribution in [0.15, 0.2) is 54.6 Å². The molecule has 3 rings (SSSR count). The number of para-hydroxylation sites is 2. The highest BCUT2D eigenvalue weighted by Crippen LogP contribution is 2.20. The van der Waals surface area contributed by atoms with Gasteiger partial charge in [-0.15, -0.1) is 0 Å². The number of aromatic nitrogens is 2. The zero-order valence-corrected chi connectivity index (χ0v) is 11.5. The number of nitrogens with zero attached hydrogens (tertiary/aromatic N) is 2. The number of benzene rings is 2. The van der Waals surface area contributed by atoms with Crippen molar-refractivity contribution >= 4 is 22.7 Å². The fourth-order valence-corrected chi connectivity index (χ4v) is 2.08. The minimum absolute atomic E-state index is 0.264. The Bertz CT molecular complexity index is 731. The molecular weight excluding hydrogens is 264 g/mol. The predicted molar refractivity (Wildman–Crippen MR) is 84.4 cm³/mol. The van der Waals surface area contributed by atoms with Gasteiger partial charge < -0.3 is 15.8 Å². The summed E-state index contributed by atoms with van der Waals surface area (Å²) < 4.78 is 5.63. The average Bonchev–Trinajstić information content (AvgIpc) is 2.52. The van der Waals surface area contributed by atoms with E-state index in [1.165, 1.54) is 0 Å². The molecule has 106 valence electrons. The van der Waals surface area contributed by atoms with Gasteiger partial charge in [0.05, 0.1) is 12.1 Å². The third kappa shape index (κ3) is 3.20. The summed E-state index contributed by atoms with van der Waals surface area (Å²) >= 11 is 0. The smallest absolute Gasteiger partial charge is 0.222 e. The van der Waals surface area contributed by atoms with Crippen LogP contribution in [0, 0.1) is 0 Å². The van der Waals surface area contributed by atoms with Crippen LogP contribution in [-0.4, -0.2) is 23.1 Å². The van der Waals surface area contributed by atoms with Crippen molar-refractivity contribution in [3.05, 3.63) is 54.6 Å². The largest absolute Gasteiger partial charge is 0.492 e. The number of anilines is 2. The summed E-state index contributed by atoms with van der Waals surface area (Å²) in [5, 5.41) is 4.19. The van der Waals surface area contributed by atoms with Gasteiger partial charge in [0.25, 0.3) is 0 Å². The Kier molecular flexibility index (Phi) is 3.82. The van der Waals surface area contributed by atoms with Gasteiger partial charge in [-0.1, -0.05) is 30.3 Å². The van der Waals surface area contributed by atoms with Crippen LogP contribution in [0.4, 0.5) is 11.8 Å². The molecule has 1 heterocycles. The van der Waals surface area contributed by atoms with Crippen LogP contribution < -0.4 is 15.8 Å². The Morgan fingerprint density at radius 2 is 1.71 bits per heavy atom. The van der Waals surface area contributed by atoms with Crippen LogP contribution in [0.5, 0.6) is 5.75 Å². The first-order valence-electron chi connectivity index (χ1n) is 6.77. The van der Waals surface area contributed by atoms with Crippen molar-refractivity contribution in [2.24, 2.45) is 0 Å². The second-order valence-electron chi connectivity index (χ2n) is 4.54. The number of fused-ring (bicyclic) bond motifs is 1. The molecule has 0 spiro atoms. The van der Waals surface area contributed by atoms with Crippen molar-refractivity contribution in [1.82, 2.24) is 9.97 Å². The van der Waals surface area contributed by atoms with Gasteiger partial charge in [0.15, 0.2) is 0 Å². The highest BCUT2D eigenvalue weighted by molar-refractivity contribution is 5.89. The van der Waals surface area contributed by atoms with E-state index in [2.05, 4.69) is 15.3 Å². The van der Waals surface area contributed by atoms with Crippen LogP contribution in [0.3, 0.4) is 0 Å². The summed E-state index contributed by atoms with van der Waals surface area (Å²) in [5.74, 6) is 1.85. The van der Waals surface area contributed by atoms with E-state index in [9.17, 15) is 0 Å². The van der Waals surface area contributed by atoms with Gasteiger partial charge in [0.1, 0.15) is 18.2 Å². The Labute approximate surface area is 122 Å². The van der Waals surface area contributed by atoms with Crippen molar-refractivity contribution in [3.8, 4) is 5.75 Å². The molecular formula is C16H16N4O. The minimum Gasteiger partial charge on any atom is -0.492 e. The summed E-state index contributed by atoms with van der Waals surface area (Å²) in [7, 11) is 0. The maximum atomic E-state index is 5.73. The number of nitrogen functional groups attached to an aromatic ring is 1. The van der Waals surface area contributed by atoms with Crippen LogP contribution >= 0.6 is 0 Å². The quantitative estimate of drug-likeness (QED) is 0.703. The number of hydrogen-bond donors (Lipinski definition) is 2. The lowest BCUT2D eigenvalue weighted by Crippen LogP contribution is -2.13. The third-order valence-corrected chi connectivity index (χ3v) is 3.03. The molecule has 21 heavy (non-hydrogen) atoms. The molecule has 0 saturated carbocycles. The summed E-state index contributed by atoms with van der Waals surface area (Å²) in [4.78, 5) is 8.45. The molecule has 0 aliphatic rings. The van der Waals surface area contributed by atoms with Gasteiger partial charge in [-0.25, -0.2) is 4.98 Å². The third-order valence-electron chi connectivity index (χ3n) is 3.03. The first kappa shape index (κ1) is 13.2. The number of ether oxygens (including phenoxy) is 1. The molecule has 1 aromatic heterocycles. The Balaban J connectivity index is 1.65. The zero-order valence-electron chi connectivity index (χ0n) is 11.5. The standard InChI is InChI=1S/C16H16N4O/c17-16-19-14-9-5-4-8-13(14)15(20-16)18-10-11-21-12-6-2-1-3-7-12/h1-9H,10-11H2,(H3,17,18,19,20). The van der Waals surface area contributed by atoms with Gasteiger partial charge >= 0.3 is 0 Å². The molecule has 0 amide bonds. The lowest BCUT2D eigenvalue weighted by atomic mass is 10.2. The van der Waals surface area contributed by atoms with Crippen molar-refractivity contribution in [2.75, 3.05) is 24.2 Å². The number of rotatable bonds is 5. The molecule has 0 atom stereocenters. The molecule has 0 bridgehead atoms. The minimum atomic E-state index is 0.264. The number of hydrogen-bond acceptors (Lipinski definition) is 5. The Morgan fingerprint density at radius 3 is 2.57 bits per heavy atom. The molecule has 0 unspecified atom stereocenters. The first-order valence-corrected chi connectivity index (χ1v) is 6.77. The van der Waals surface area contributed by atoms with E-state index in [1.807, 2.05) is 54.6 Å². The van der Waals surface area contributed by atoms with Crippen LogP contribution in [0.1, 0.15) is 0 Å². The van der Waals surface area contributed by atoms with Gasteiger partial charge in [0, 0.05) is 5.39 Å². The first-order chi connectivity index (χ1) is 10.3. The monoisotopic (exact) mass is 280 g/mol. The van der Waals surface area contributed by atoms with Crippen molar-refractivity contribution in [3.63, 3.8) is 0 Å². The fraction of sp³-hybridized carbons (Fsp3) is 0.125. The summed E-state index contributed by atoms with van der Waals surface area (Å²) in [6.45, 7) is 1.18. The number of nitrogens with one attached hydrogen (secondary N) is 1. The van der Waals surface area contributed by atoms with E-state index >= 15 is 0 Å². The van der Waals surface area contributed by atoms with Gasteiger partial charge in [0.2, 0.25) is 5.95 Å². The lowest BCUT2D eigenvalue weighted by molar-refractivity contribution is 0.333. The molecule has 5 heteroatoms. The van der Waals surface area contributed by atoms with E-state index in [1.54, 1.807) is 0 Å². The van der Waals surface area contributed by atoms with Gasteiger partial charge in [-0.2, -0.15) is 4.98 Å². The van der Waals surface area contributed by atoms with Crippen molar-refractivity contribution in [2.45, 2.75) is 0 Å². The van der Waals surface area contributed by atoms with E-state index in [0.29, 0.717) is 13.2 Å². The topological polar surface area (TPSA) is 73.1 Å².